The Bertz CT molecular complexity index is 441. The standard InChI is InChI=1S/C18H26FNS/c1-2-20-18(15-8-6-4-3-5-7-9-15)14-21-17-12-10-16(19)11-13-17/h8,10-13,18,20H,2-7,9,14H2,1H3/b15-8+. The second-order valence-electron chi connectivity index (χ2n) is 5.61. The van der Waals surface area contributed by atoms with Crippen LogP contribution >= 0.6 is 11.8 Å². The third-order valence-corrected chi connectivity index (χ3v) is 5.06. The van der Waals surface area contributed by atoms with E-state index in [0.29, 0.717) is 6.04 Å². The third kappa shape index (κ3) is 5.84. The van der Waals surface area contributed by atoms with E-state index < -0.39 is 0 Å². The lowest BCUT2D eigenvalue weighted by atomic mass is 9.95. The maximum Gasteiger partial charge on any atom is 0.123 e. The minimum Gasteiger partial charge on any atom is -0.310 e. The SMILES string of the molecule is CCNC(CSc1ccc(F)cc1)/C1=C/CCCCCC1. The van der Waals surface area contributed by atoms with E-state index in [1.807, 2.05) is 23.9 Å². The Morgan fingerprint density at radius 3 is 2.67 bits per heavy atom. The predicted octanol–water partition coefficient (Wildman–Crippen LogP) is 5.18. The molecule has 1 atom stereocenters. The molecule has 0 fully saturated rings. The summed E-state index contributed by atoms with van der Waals surface area (Å²) < 4.78 is 12.9. The molecule has 21 heavy (non-hydrogen) atoms. The minimum atomic E-state index is -0.162. The van der Waals surface area contributed by atoms with Crippen LogP contribution in [0.4, 0.5) is 4.39 Å². The number of likely N-dealkylation sites (N-methyl/N-ethyl adjacent to an activating group) is 1. The first-order valence-corrected chi connectivity index (χ1v) is 9.09. The molecule has 1 nitrogen and oxygen atoms in total. The summed E-state index contributed by atoms with van der Waals surface area (Å²) in [6.07, 6.45) is 10.3. The Morgan fingerprint density at radius 2 is 1.90 bits per heavy atom. The fourth-order valence-electron chi connectivity index (χ4n) is 2.79. The van der Waals surface area contributed by atoms with Gasteiger partial charge in [0, 0.05) is 16.7 Å². The highest BCUT2D eigenvalue weighted by Gasteiger charge is 2.14. The number of hydrogen-bond acceptors (Lipinski definition) is 2. The van der Waals surface area contributed by atoms with Gasteiger partial charge in [-0.05, 0) is 56.5 Å². The minimum absolute atomic E-state index is 0.162. The molecule has 0 aromatic heterocycles. The summed E-state index contributed by atoms with van der Waals surface area (Å²) in [6, 6.07) is 7.27. The molecular weight excluding hydrogens is 281 g/mol. The van der Waals surface area contributed by atoms with Crippen molar-refractivity contribution in [1.82, 2.24) is 5.32 Å². The normalized spacial score (nSPS) is 20.2. The molecule has 1 N–H and O–H groups in total. The first-order chi connectivity index (χ1) is 10.3. The molecule has 0 spiro atoms. The number of benzene rings is 1. The van der Waals surface area contributed by atoms with Crippen LogP contribution in [0.5, 0.6) is 0 Å². The molecule has 1 unspecified atom stereocenters. The van der Waals surface area contributed by atoms with E-state index in [9.17, 15) is 4.39 Å². The van der Waals surface area contributed by atoms with Crippen LogP contribution in [0, 0.1) is 5.82 Å². The van der Waals surface area contributed by atoms with Crippen LogP contribution in [0.25, 0.3) is 0 Å². The van der Waals surface area contributed by atoms with E-state index in [4.69, 9.17) is 0 Å². The Hall–Kier alpha value is -0.800. The van der Waals surface area contributed by atoms with Crippen LogP contribution < -0.4 is 5.32 Å². The molecule has 2 rings (SSSR count). The number of nitrogens with one attached hydrogen (secondary N) is 1. The number of halogens is 1. The van der Waals surface area contributed by atoms with Gasteiger partial charge in [-0.1, -0.05) is 31.4 Å². The molecule has 1 aromatic rings. The van der Waals surface area contributed by atoms with Gasteiger partial charge in [0.15, 0.2) is 0 Å². The Balaban J connectivity index is 1.95. The molecule has 116 valence electrons. The summed E-state index contributed by atoms with van der Waals surface area (Å²) in [4.78, 5) is 1.14. The van der Waals surface area contributed by atoms with Crippen molar-refractivity contribution in [3.05, 3.63) is 41.7 Å². The molecule has 0 amide bonds. The molecule has 0 aliphatic heterocycles. The lowest BCUT2D eigenvalue weighted by molar-refractivity contribution is 0.566. The van der Waals surface area contributed by atoms with Crippen LogP contribution in [0.2, 0.25) is 0 Å². The molecule has 0 saturated carbocycles. The average Bonchev–Trinajstić information content (AvgIpc) is 2.45. The predicted molar refractivity (Wildman–Crippen MR) is 90.4 cm³/mol. The van der Waals surface area contributed by atoms with Gasteiger partial charge >= 0.3 is 0 Å². The highest BCUT2D eigenvalue weighted by atomic mass is 32.2. The smallest absolute Gasteiger partial charge is 0.123 e. The summed E-state index contributed by atoms with van der Waals surface area (Å²) in [5, 5.41) is 3.62. The number of allylic oxidation sites excluding steroid dienone is 1. The Morgan fingerprint density at radius 1 is 1.14 bits per heavy atom. The van der Waals surface area contributed by atoms with Crippen molar-refractivity contribution < 1.29 is 4.39 Å². The molecular formula is C18H26FNS. The van der Waals surface area contributed by atoms with E-state index >= 15 is 0 Å². The van der Waals surface area contributed by atoms with Gasteiger partial charge in [0.2, 0.25) is 0 Å². The maximum absolute atomic E-state index is 12.9. The van der Waals surface area contributed by atoms with Gasteiger partial charge in [-0.3, -0.25) is 0 Å². The fourth-order valence-corrected chi connectivity index (χ4v) is 3.81. The van der Waals surface area contributed by atoms with E-state index in [1.165, 1.54) is 38.5 Å². The lowest BCUT2D eigenvalue weighted by Gasteiger charge is -2.23. The lowest BCUT2D eigenvalue weighted by Crippen LogP contribution is -2.33. The van der Waals surface area contributed by atoms with Crippen molar-refractivity contribution in [3.8, 4) is 0 Å². The van der Waals surface area contributed by atoms with E-state index in [-0.39, 0.29) is 5.82 Å². The van der Waals surface area contributed by atoms with Gasteiger partial charge in [-0.25, -0.2) is 4.39 Å². The molecule has 1 aliphatic rings. The monoisotopic (exact) mass is 307 g/mol. The zero-order valence-electron chi connectivity index (χ0n) is 12.9. The topological polar surface area (TPSA) is 12.0 Å². The van der Waals surface area contributed by atoms with Gasteiger partial charge in [-0.15, -0.1) is 11.8 Å². The zero-order chi connectivity index (χ0) is 14.9. The van der Waals surface area contributed by atoms with Gasteiger partial charge in [0.05, 0.1) is 0 Å². The van der Waals surface area contributed by atoms with Gasteiger partial charge in [-0.2, -0.15) is 0 Å². The van der Waals surface area contributed by atoms with Crippen LogP contribution in [0.15, 0.2) is 40.8 Å². The van der Waals surface area contributed by atoms with Crippen molar-refractivity contribution in [2.75, 3.05) is 12.3 Å². The summed E-state index contributed by atoms with van der Waals surface area (Å²) in [5.74, 6) is 0.857. The summed E-state index contributed by atoms with van der Waals surface area (Å²) in [5.41, 5.74) is 1.58. The molecule has 0 radical (unpaired) electrons. The third-order valence-electron chi connectivity index (χ3n) is 3.95. The van der Waals surface area contributed by atoms with E-state index in [1.54, 1.807) is 17.7 Å². The molecule has 0 heterocycles. The average molecular weight is 307 g/mol. The van der Waals surface area contributed by atoms with Crippen molar-refractivity contribution >= 4 is 11.8 Å². The highest BCUT2D eigenvalue weighted by Crippen LogP contribution is 2.25. The van der Waals surface area contributed by atoms with Crippen LogP contribution in [0.1, 0.15) is 45.4 Å². The maximum atomic E-state index is 12.9. The van der Waals surface area contributed by atoms with Crippen molar-refractivity contribution in [2.45, 2.75) is 56.4 Å². The quantitative estimate of drug-likeness (QED) is 0.574. The second-order valence-corrected chi connectivity index (χ2v) is 6.70. The molecule has 0 saturated heterocycles. The first-order valence-electron chi connectivity index (χ1n) is 8.10. The molecule has 0 bridgehead atoms. The van der Waals surface area contributed by atoms with Crippen molar-refractivity contribution in [2.24, 2.45) is 0 Å². The largest absolute Gasteiger partial charge is 0.310 e. The van der Waals surface area contributed by atoms with Gasteiger partial charge in [0.25, 0.3) is 0 Å². The molecule has 1 aliphatic carbocycles. The van der Waals surface area contributed by atoms with Gasteiger partial charge < -0.3 is 5.32 Å². The summed E-state index contributed by atoms with van der Waals surface area (Å²) in [7, 11) is 0. The number of hydrogen-bond donors (Lipinski definition) is 1. The van der Waals surface area contributed by atoms with E-state index in [0.717, 1.165) is 17.2 Å². The van der Waals surface area contributed by atoms with Crippen molar-refractivity contribution in [3.63, 3.8) is 0 Å². The van der Waals surface area contributed by atoms with Crippen molar-refractivity contribution in [1.29, 1.82) is 0 Å². The van der Waals surface area contributed by atoms with Crippen LogP contribution in [0.3, 0.4) is 0 Å². The van der Waals surface area contributed by atoms with Gasteiger partial charge in [0.1, 0.15) is 5.82 Å². The zero-order valence-corrected chi connectivity index (χ0v) is 13.7. The molecule has 3 heteroatoms. The highest BCUT2D eigenvalue weighted by molar-refractivity contribution is 7.99. The summed E-state index contributed by atoms with van der Waals surface area (Å²) >= 11 is 1.81. The Kier molecular flexibility index (Phi) is 7.31. The number of thioether (sulfide) groups is 1. The van der Waals surface area contributed by atoms with Crippen LogP contribution in [-0.4, -0.2) is 18.3 Å². The summed E-state index contributed by atoms with van der Waals surface area (Å²) in [6.45, 7) is 3.16. The molecule has 1 aromatic carbocycles. The van der Waals surface area contributed by atoms with E-state index in [2.05, 4.69) is 18.3 Å². The number of rotatable bonds is 6. The fraction of sp³-hybridized carbons (Fsp3) is 0.556. The Labute approximate surface area is 132 Å². The first kappa shape index (κ1) is 16.6. The van der Waals surface area contributed by atoms with Crippen LogP contribution in [-0.2, 0) is 0 Å². The second kappa shape index (κ2) is 9.26.